The number of esters is 1. The Hall–Kier alpha value is -2.30. The van der Waals surface area contributed by atoms with Crippen LogP contribution < -0.4 is 4.74 Å². The molecule has 0 fully saturated rings. The number of fused-ring (bicyclic) bond motifs is 1. The Morgan fingerprint density at radius 3 is 2.70 bits per heavy atom. The first kappa shape index (κ1) is 14.1. The minimum Gasteiger partial charge on any atom is -0.488 e. The standard InChI is InChI=1S/C15H17NO4/c1-10(14(17)16(2)3)20-15(18)12-8-11-6-4-5-7-13(11)19-9-12/h4-8,10H,9H2,1-3H3/t10-/m1/s1. The number of carbonyl (C=O) groups excluding carboxylic acids is 2. The minimum atomic E-state index is -0.810. The lowest BCUT2D eigenvalue weighted by Gasteiger charge is -2.20. The molecule has 1 aromatic rings. The van der Waals surface area contributed by atoms with Gasteiger partial charge in [-0.25, -0.2) is 4.79 Å². The Morgan fingerprint density at radius 1 is 1.30 bits per heavy atom. The van der Waals surface area contributed by atoms with Crippen LogP contribution in [0.25, 0.3) is 6.08 Å². The van der Waals surface area contributed by atoms with E-state index in [0.717, 1.165) is 11.3 Å². The van der Waals surface area contributed by atoms with Crippen molar-refractivity contribution in [2.75, 3.05) is 20.7 Å². The third-order valence-electron chi connectivity index (χ3n) is 2.97. The summed E-state index contributed by atoms with van der Waals surface area (Å²) in [5.41, 5.74) is 1.24. The van der Waals surface area contributed by atoms with Crippen molar-refractivity contribution < 1.29 is 19.1 Å². The first-order valence-corrected chi connectivity index (χ1v) is 6.33. The summed E-state index contributed by atoms with van der Waals surface area (Å²) in [5.74, 6) is -0.0419. The van der Waals surface area contributed by atoms with Gasteiger partial charge < -0.3 is 14.4 Å². The van der Waals surface area contributed by atoms with Gasteiger partial charge in [-0.2, -0.15) is 0 Å². The maximum absolute atomic E-state index is 12.0. The zero-order valence-electron chi connectivity index (χ0n) is 11.8. The number of rotatable bonds is 3. The molecule has 2 rings (SSSR count). The maximum atomic E-state index is 12.0. The lowest BCUT2D eigenvalue weighted by atomic mass is 10.1. The molecule has 1 aliphatic rings. The molecule has 0 unspecified atom stereocenters. The van der Waals surface area contributed by atoms with Gasteiger partial charge in [-0.1, -0.05) is 18.2 Å². The second kappa shape index (κ2) is 5.77. The topological polar surface area (TPSA) is 55.8 Å². The first-order chi connectivity index (χ1) is 9.49. The van der Waals surface area contributed by atoms with Crippen LogP contribution in [0, 0.1) is 0 Å². The Bertz CT molecular complexity index is 563. The van der Waals surface area contributed by atoms with Gasteiger partial charge in [0.1, 0.15) is 12.4 Å². The number of nitrogens with zero attached hydrogens (tertiary/aromatic N) is 1. The Labute approximate surface area is 117 Å². The predicted octanol–water partition coefficient (Wildman–Crippen LogP) is 1.48. The molecule has 1 aromatic carbocycles. The molecule has 0 spiro atoms. The molecule has 0 aliphatic carbocycles. The van der Waals surface area contributed by atoms with Crippen molar-refractivity contribution in [3.05, 3.63) is 35.4 Å². The quantitative estimate of drug-likeness (QED) is 0.784. The summed E-state index contributed by atoms with van der Waals surface area (Å²) in [7, 11) is 3.23. The van der Waals surface area contributed by atoms with Crippen LogP contribution in [-0.4, -0.2) is 43.6 Å². The molecule has 5 nitrogen and oxygen atoms in total. The molecule has 1 heterocycles. The van der Waals surface area contributed by atoms with Crippen molar-refractivity contribution in [1.82, 2.24) is 4.90 Å². The predicted molar refractivity (Wildman–Crippen MR) is 74.2 cm³/mol. The molecule has 1 aliphatic heterocycles. The van der Waals surface area contributed by atoms with Crippen molar-refractivity contribution in [3.8, 4) is 5.75 Å². The zero-order chi connectivity index (χ0) is 14.7. The van der Waals surface area contributed by atoms with E-state index in [-0.39, 0.29) is 12.5 Å². The van der Waals surface area contributed by atoms with Crippen molar-refractivity contribution in [2.45, 2.75) is 13.0 Å². The molecule has 0 bridgehead atoms. The molecular weight excluding hydrogens is 258 g/mol. The SMILES string of the molecule is C[C@@H](OC(=O)C1=Cc2ccccc2OC1)C(=O)N(C)C. The molecule has 1 atom stereocenters. The van der Waals surface area contributed by atoms with Crippen LogP contribution in [-0.2, 0) is 14.3 Å². The van der Waals surface area contributed by atoms with Crippen LogP contribution in [0.3, 0.4) is 0 Å². The maximum Gasteiger partial charge on any atom is 0.338 e. The van der Waals surface area contributed by atoms with E-state index in [2.05, 4.69) is 0 Å². The normalized spacial score (nSPS) is 14.4. The van der Waals surface area contributed by atoms with Gasteiger partial charge in [0.25, 0.3) is 5.91 Å². The Balaban J connectivity index is 2.08. The van der Waals surface area contributed by atoms with Crippen LogP contribution in [0.15, 0.2) is 29.8 Å². The van der Waals surface area contributed by atoms with Gasteiger partial charge in [-0.3, -0.25) is 4.79 Å². The Morgan fingerprint density at radius 2 is 2.00 bits per heavy atom. The Kier molecular flexibility index (Phi) is 4.08. The summed E-state index contributed by atoms with van der Waals surface area (Å²) < 4.78 is 10.6. The summed E-state index contributed by atoms with van der Waals surface area (Å²) in [6, 6.07) is 7.43. The highest BCUT2D eigenvalue weighted by Gasteiger charge is 2.23. The molecule has 0 N–H and O–H groups in total. The average molecular weight is 275 g/mol. The smallest absolute Gasteiger partial charge is 0.338 e. The average Bonchev–Trinajstić information content (AvgIpc) is 2.45. The first-order valence-electron chi connectivity index (χ1n) is 6.33. The van der Waals surface area contributed by atoms with Crippen LogP contribution in [0.2, 0.25) is 0 Å². The molecule has 0 saturated heterocycles. The van der Waals surface area contributed by atoms with E-state index >= 15 is 0 Å². The number of carbonyl (C=O) groups is 2. The summed E-state index contributed by atoms with van der Waals surface area (Å²) >= 11 is 0. The van der Waals surface area contributed by atoms with E-state index in [1.165, 1.54) is 4.90 Å². The fourth-order valence-electron chi connectivity index (χ4n) is 1.88. The molecule has 0 saturated carbocycles. The monoisotopic (exact) mass is 275 g/mol. The van der Waals surface area contributed by atoms with Crippen molar-refractivity contribution >= 4 is 18.0 Å². The van der Waals surface area contributed by atoms with E-state index in [0.29, 0.717) is 5.57 Å². The minimum absolute atomic E-state index is 0.152. The number of hydrogen-bond donors (Lipinski definition) is 0. The van der Waals surface area contributed by atoms with E-state index in [4.69, 9.17) is 9.47 Å². The molecule has 0 radical (unpaired) electrons. The largest absolute Gasteiger partial charge is 0.488 e. The van der Waals surface area contributed by atoms with Gasteiger partial charge in [-0.05, 0) is 19.1 Å². The van der Waals surface area contributed by atoms with E-state index in [9.17, 15) is 9.59 Å². The number of hydrogen-bond acceptors (Lipinski definition) is 4. The highest BCUT2D eigenvalue weighted by molar-refractivity contribution is 5.96. The van der Waals surface area contributed by atoms with E-state index < -0.39 is 12.1 Å². The van der Waals surface area contributed by atoms with Crippen LogP contribution in [0.1, 0.15) is 12.5 Å². The third kappa shape index (κ3) is 2.99. The summed E-state index contributed by atoms with van der Waals surface area (Å²) in [6.07, 6.45) is 0.921. The number of amides is 1. The molecule has 20 heavy (non-hydrogen) atoms. The van der Waals surface area contributed by atoms with Gasteiger partial charge in [0.05, 0.1) is 5.57 Å². The van der Waals surface area contributed by atoms with Gasteiger partial charge >= 0.3 is 5.97 Å². The van der Waals surface area contributed by atoms with Crippen LogP contribution >= 0.6 is 0 Å². The van der Waals surface area contributed by atoms with E-state index in [1.807, 2.05) is 24.3 Å². The highest BCUT2D eigenvalue weighted by atomic mass is 16.6. The number of benzene rings is 1. The fourth-order valence-corrected chi connectivity index (χ4v) is 1.88. The van der Waals surface area contributed by atoms with Crippen LogP contribution in [0.5, 0.6) is 5.75 Å². The molecule has 106 valence electrons. The molecule has 1 amide bonds. The van der Waals surface area contributed by atoms with Gasteiger partial charge in [0.15, 0.2) is 6.10 Å². The second-order valence-corrected chi connectivity index (χ2v) is 4.78. The van der Waals surface area contributed by atoms with Crippen molar-refractivity contribution in [3.63, 3.8) is 0 Å². The molecule has 0 aromatic heterocycles. The number of likely N-dealkylation sites (N-methyl/N-ethyl adjacent to an activating group) is 1. The van der Waals surface area contributed by atoms with Gasteiger partial charge in [0.2, 0.25) is 0 Å². The zero-order valence-corrected chi connectivity index (χ0v) is 11.8. The number of ether oxygens (including phenoxy) is 2. The second-order valence-electron chi connectivity index (χ2n) is 4.78. The molecule has 5 heteroatoms. The summed E-state index contributed by atoms with van der Waals surface area (Å²) in [5, 5.41) is 0. The van der Waals surface area contributed by atoms with Crippen LogP contribution in [0.4, 0.5) is 0 Å². The van der Waals surface area contributed by atoms with Gasteiger partial charge in [0, 0.05) is 19.7 Å². The summed E-state index contributed by atoms with van der Waals surface area (Å²) in [6.45, 7) is 1.71. The lowest BCUT2D eigenvalue weighted by Crippen LogP contribution is -2.35. The molecular formula is C15H17NO4. The van der Waals surface area contributed by atoms with Crippen molar-refractivity contribution in [2.24, 2.45) is 0 Å². The highest BCUT2D eigenvalue weighted by Crippen LogP contribution is 2.26. The summed E-state index contributed by atoms with van der Waals surface area (Å²) in [4.78, 5) is 25.0. The number of para-hydroxylation sites is 1. The lowest BCUT2D eigenvalue weighted by molar-refractivity contribution is -0.154. The third-order valence-corrected chi connectivity index (χ3v) is 2.97. The van der Waals surface area contributed by atoms with E-state index in [1.54, 1.807) is 27.1 Å². The van der Waals surface area contributed by atoms with Crippen molar-refractivity contribution in [1.29, 1.82) is 0 Å². The van der Waals surface area contributed by atoms with Gasteiger partial charge in [-0.15, -0.1) is 0 Å². The fraction of sp³-hybridized carbons (Fsp3) is 0.333.